The van der Waals surface area contributed by atoms with Crippen molar-refractivity contribution in [2.24, 2.45) is 0 Å². The maximum absolute atomic E-state index is 12.7. The van der Waals surface area contributed by atoms with Crippen LogP contribution >= 0.6 is 0 Å². The van der Waals surface area contributed by atoms with Crippen LogP contribution < -0.4 is 19.5 Å². The number of rotatable bonds is 9. The fourth-order valence-corrected chi connectivity index (χ4v) is 4.31. The van der Waals surface area contributed by atoms with Gasteiger partial charge in [0.25, 0.3) is 5.91 Å². The molecule has 1 atom stereocenters. The second-order valence-corrected chi connectivity index (χ2v) is 9.41. The lowest BCUT2D eigenvalue weighted by atomic mass is 10.1. The van der Waals surface area contributed by atoms with Crippen molar-refractivity contribution in [2.75, 3.05) is 7.11 Å². The minimum absolute atomic E-state index is 0.00475. The van der Waals surface area contributed by atoms with Crippen LogP contribution in [0.3, 0.4) is 0 Å². The Hall–Kier alpha value is -2.58. The maximum Gasteiger partial charge on any atom is 0.251 e. The molecule has 2 aromatic carbocycles. The minimum atomic E-state index is -3.62. The van der Waals surface area contributed by atoms with Gasteiger partial charge in [-0.05, 0) is 69.5 Å². The second-order valence-electron chi connectivity index (χ2n) is 7.70. The highest BCUT2D eigenvalue weighted by molar-refractivity contribution is 7.89. The molecule has 1 unspecified atom stereocenters. The number of hydrogen-bond acceptors (Lipinski definition) is 5. The SMILES string of the molecule is COc1cc(C(C)NC(=O)c2cccc(S(=O)(=O)NC3CC3)c2)ccc1OC(C)C. The number of carbonyl (C=O) groups excluding carboxylic acids is 1. The molecule has 0 aromatic heterocycles. The smallest absolute Gasteiger partial charge is 0.251 e. The van der Waals surface area contributed by atoms with Crippen LogP contribution in [0.4, 0.5) is 0 Å². The molecule has 0 aliphatic heterocycles. The summed E-state index contributed by atoms with van der Waals surface area (Å²) in [6.45, 7) is 5.72. The number of nitrogens with one attached hydrogen (secondary N) is 2. The van der Waals surface area contributed by atoms with E-state index in [0.29, 0.717) is 11.5 Å². The Balaban J connectivity index is 1.73. The lowest BCUT2D eigenvalue weighted by Gasteiger charge is -2.18. The summed E-state index contributed by atoms with van der Waals surface area (Å²) in [6.07, 6.45) is 1.71. The van der Waals surface area contributed by atoms with Crippen LogP contribution in [0.1, 0.15) is 55.6 Å². The Morgan fingerprint density at radius 2 is 1.80 bits per heavy atom. The van der Waals surface area contributed by atoms with Crippen molar-refractivity contribution in [2.45, 2.75) is 56.7 Å². The highest BCUT2D eigenvalue weighted by Gasteiger charge is 2.28. The standard InChI is InChI=1S/C22H28N2O5S/c1-14(2)29-20-11-8-16(13-21(20)28-4)15(3)23-22(25)17-6-5-7-19(12-17)30(26,27)24-18-9-10-18/h5-8,11-15,18,24H,9-10H2,1-4H3,(H,23,25). The summed E-state index contributed by atoms with van der Waals surface area (Å²) in [4.78, 5) is 12.8. The summed E-state index contributed by atoms with van der Waals surface area (Å²) in [6, 6.07) is 11.2. The first kappa shape index (κ1) is 22.1. The molecular formula is C22H28N2O5S. The summed E-state index contributed by atoms with van der Waals surface area (Å²) in [5, 5.41) is 2.91. The van der Waals surface area contributed by atoms with Crippen LogP contribution in [0, 0.1) is 0 Å². The predicted molar refractivity (Wildman–Crippen MR) is 114 cm³/mol. The number of carbonyl (C=O) groups is 1. The normalized spacial score (nSPS) is 15.0. The molecule has 3 rings (SSSR count). The van der Waals surface area contributed by atoms with Crippen molar-refractivity contribution in [3.63, 3.8) is 0 Å². The van der Waals surface area contributed by atoms with Gasteiger partial charge in [-0.25, -0.2) is 13.1 Å². The number of amides is 1. The third-order valence-corrected chi connectivity index (χ3v) is 6.22. The molecule has 1 aliphatic rings. The average molecular weight is 433 g/mol. The Morgan fingerprint density at radius 3 is 2.43 bits per heavy atom. The van der Waals surface area contributed by atoms with Crippen LogP contribution in [-0.4, -0.2) is 33.6 Å². The van der Waals surface area contributed by atoms with Gasteiger partial charge in [0.2, 0.25) is 10.0 Å². The quantitative estimate of drug-likeness (QED) is 0.633. The number of benzene rings is 2. The maximum atomic E-state index is 12.7. The van der Waals surface area contributed by atoms with Crippen molar-refractivity contribution >= 4 is 15.9 Å². The molecule has 0 spiro atoms. The molecule has 1 saturated carbocycles. The molecule has 30 heavy (non-hydrogen) atoms. The van der Waals surface area contributed by atoms with Crippen LogP contribution in [0.25, 0.3) is 0 Å². The van der Waals surface area contributed by atoms with Crippen molar-refractivity contribution in [1.29, 1.82) is 0 Å². The third kappa shape index (κ3) is 5.52. The molecule has 1 fully saturated rings. The lowest BCUT2D eigenvalue weighted by Crippen LogP contribution is -2.28. The Kier molecular flexibility index (Phi) is 6.67. The summed E-state index contributed by atoms with van der Waals surface area (Å²) in [5.74, 6) is 0.866. The number of ether oxygens (including phenoxy) is 2. The number of methoxy groups -OCH3 is 1. The van der Waals surface area contributed by atoms with Gasteiger partial charge >= 0.3 is 0 Å². The molecule has 0 radical (unpaired) electrons. The van der Waals surface area contributed by atoms with Gasteiger partial charge in [-0.3, -0.25) is 4.79 Å². The molecule has 7 nitrogen and oxygen atoms in total. The molecule has 0 heterocycles. The van der Waals surface area contributed by atoms with Gasteiger partial charge in [-0.2, -0.15) is 0 Å². The van der Waals surface area contributed by atoms with Crippen LogP contribution in [0.2, 0.25) is 0 Å². The van der Waals surface area contributed by atoms with Crippen LogP contribution in [0.15, 0.2) is 47.4 Å². The first-order chi connectivity index (χ1) is 14.2. The summed E-state index contributed by atoms with van der Waals surface area (Å²) in [7, 11) is -2.05. The topological polar surface area (TPSA) is 93.7 Å². The third-order valence-electron chi connectivity index (χ3n) is 4.70. The largest absolute Gasteiger partial charge is 0.493 e. The molecule has 1 aliphatic carbocycles. The van der Waals surface area contributed by atoms with E-state index in [4.69, 9.17) is 9.47 Å². The zero-order valence-electron chi connectivity index (χ0n) is 17.6. The summed E-state index contributed by atoms with van der Waals surface area (Å²) < 4.78 is 38.6. The Labute approximate surface area is 177 Å². The highest BCUT2D eigenvalue weighted by Crippen LogP contribution is 2.31. The van der Waals surface area contributed by atoms with E-state index in [1.807, 2.05) is 39.0 Å². The highest BCUT2D eigenvalue weighted by atomic mass is 32.2. The lowest BCUT2D eigenvalue weighted by molar-refractivity contribution is 0.0939. The van der Waals surface area contributed by atoms with Gasteiger partial charge in [-0.15, -0.1) is 0 Å². The zero-order chi connectivity index (χ0) is 21.9. The van der Waals surface area contributed by atoms with E-state index in [1.54, 1.807) is 19.2 Å². The van der Waals surface area contributed by atoms with Gasteiger partial charge in [0.1, 0.15) is 0 Å². The van der Waals surface area contributed by atoms with E-state index in [2.05, 4.69) is 10.0 Å². The molecule has 2 N–H and O–H groups in total. The van der Waals surface area contributed by atoms with Crippen LogP contribution in [0.5, 0.6) is 11.5 Å². The van der Waals surface area contributed by atoms with E-state index < -0.39 is 10.0 Å². The Morgan fingerprint density at radius 1 is 1.07 bits per heavy atom. The summed E-state index contributed by atoms with van der Waals surface area (Å²) >= 11 is 0. The van der Waals surface area contributed by atoms with Gasteiger partial charge in [-0.1, -0.05) is 12.1 Å². The molecule has 0 bridgehead atoms. The van der Waals surface area contributed by atoms with Gasteiger partial charge < -0.3 is 14.8 Å². The molecule has 162 valence electrons. The first-order valence-corrected chi connectivity index (χ1v) is 11.5. The monoisotopic (exact) mass is 432 g/mol. The summed E-state index contributed by atoms with van der Waals surface area (Å²) in [5.41, 5.74) is 1.13. The fraction of sp³-hybridized carbons (Fsp3) is 0.409. The molecule has 8 heteroatoms. The number of hydrogen-bond donors (Lipinski definition) is 2. The van der Waals surface area contributed by atoms with E-state index in [0.717, 1.165) is 18.4 Å². The second kappa shape index (κ2) is 9.06. The fourth-order valence-electron chi connectivity index (χ4n) is 2.96. The first-order valence-electron chi connectivity index (χ1n) is 9.97. The molecule has 1 amide bonds. The van der Waals surface area contributed by atoms with E-state index in [9.17, 15) is 13.2 Å². The van der Waals surface area contributed by atoms with Crippen molar-refractivity contribution in [1.82, 2.24) is 10.0 Å². The van der Waals surface area contributed by atoms with Gasteiger partial charge in [0.05, 0.1) is 24.2 Å². The minimum Gasteiger partial charge on any atom is -0.493 e. The van der Waals surface area contributed by atoms with E-state index in [-0.39, 0.29) is 34.6 Å². The molecular weight excluding hydrogens is 404 g/mol. The molecule has 2 aromatic rings. The van der Waals surface area contributed by atoms with Crippen molar-refractivity contribution < 1.29 is 22.7 Å². The Bertz CT molecular complexity index is 1020. The van der Waals surface area contributed by atoms with E-state index >= 15 is 0 Å². The van der Waals surface area contributed by atoms with Crippen molar-refractivity contribution in [3.8, 4) is 11.5 Å². The number of sulfonamides is 1. The zero-order valence-corrected chi connectivity index (χ0v) is 18.5. The van der Waals surface area contributed by atoms with Crippen molar-refractivity contribution in [3.05, 3.63) is 53.6 Å². The predicted octanol–water partition coefficient (Wildman–Crippen LogP) is 3.41. The molecule has 0 saturated heterocycles. The van der Waals surface area contributed by atoms with Crippen LogP contribution in [-0.2, 0) is 10.0 Å². The van der Waals surface area contributed by atoms with Gasteiger partial charge in [0.15, 0.2) is 11.5 Å². The van der Waals surface area contributed by atoms with E-state index in [1.165, 1.54) is 12.1 Å². The average Bonchev–Trinajstić information content (AvgIpc) is 3.51. The van der Waals surface area contributed by atoms with Gasteiger partial charge in [0, 0.05) is 11.6 Å².